The Kier molecular flexibility index (Phi) is 5.46. The summed E-state index contributed by atoms with van der Waals surface area (Å²) in [7, 11) is 0. The van der Waals surface area contributed by atoms with Crippen LogP contribution in [0, 0.1) is 5.41 Å². The Balaban J connectivity index is 1.69. The second kappa shape index (κ2) is 7.11. The molecular formula is C16H28N2O. The van der Waals surface area contributed by atoms with Crippen molar-refractivity contribution >= 4 is 0 Å². The zero-order valence-electron chi connectivity index (χ0n) is 12.2. The molecule has 2 rings (SSSR count). The van der Waals surface area contributed by atoms with E-state index < -0.39 is 0 Å². The SMILES string of the molecule is CC(Cc1ccco1)NCCC1(CN)CCCCC1. The van der Waals surface area contributed by atoms with E-state index in [9.17, 15) is 0 Å². The normalized spacial score (nSPS) is 20.3. The fraction of sp³-hybridized carbons (Fsp3) is 0.750. The Morgan fingerprint density at radius 1 is 1.37 bits per heavy atom. The lowest BCUT2D eigenvalue weighted by Crippen LogP contribution is -2.38. The summed E-state index contributed by atoms with van der Waals surface area (Å²) in [5.41, 5.74) is 6.43. The van der Waals surface area contributed by atoms with Crippen LogP contribution in [0.1, 0.15) is 51.2 Å². The summed E-state index contributed by atoms with van der Waals surface area (Å²) in [4.78, 5) is 0. The van der Waals surface area contributed by atoms with E-state index in [4.69, 9.17) is 10.2 Å². The molecule has 0 amide bonds. The molecule has 1 aromatic rings. The first-order valence-electron chi connectivity index (χ1n) is 7.70. The molecule has 1 unspecified atom stereocenters. The average Bonchev–Trinajstić information content (AvgIpc) is 2.92. The Bertz CT molecular complexity index is 342. The van der Waals surface area contributed by atoms with Crippen LogP contribution in [0.25, 0.3) is 0 Å². The Morgan fingerprint density at radius 3 is 2.79 bits per heavy atom. The predicted octanol–water partition coefficient (Wildman–Crippen LogP) is 3.10. The maximum atomic E-state index is 6.02. The van der Waals surface area contributed by atoms with Gasteiger partial charge in [0, 0.05) is 12.5 Å². The van der Waals surface area contributed by atoms with Crippen LogP contribution < -0.4 is 11.1 Å². The number of nitrogens with one attached hydrogen (secondary N) is 1. The van der Waals surface area contributed by atoms with Crippen molar-refractivity contribution in [3.05, 3.63) is 24.2 Å². The third kappa shape index (κ3) is 4.36. The highest BCUT2D eigenvalue weighted by molar-refractivity contribution is 5.00. The summed E-state index contributed by atoms with van der Waals surface area (Å²) in [6.45, 7) is 4.14. The highest BCUT2D eigenvalue weighted by Crippen LogP contribution is 2.37. The summed E-state index contributed by atoms with van der Waals surface area (Å²) in [5.74, 6) is 1.06. The minimum absolute atomic E-state index is 0.412. The number of rotatable bonds is 7. The van der Waals surface area contributed by atoms with Gasteiger partial charge in [-0.25, -0.2) is 0 Å². The highest BCUT2D eigenvalue weighted by Gasteiger charge is 2.29. The molecule has 0 saturated heterocycles. The maximum absolute atomic E-state index is 6.02. The molecule has 1 atom stereocenters. The van der Waals surface area contributed by atoms with Crippen molar-refractivity contribution in [3.63, 3.8) is 0 Å². The van der Waals surface area contributed by atoms with Crippen LogP contribution in [0.5, 0.6) is 0 Å². The number of hydrogen-bond acceptors (Lipinski definition) is 3. The number of hydrogen-bond donors (Lipinski definition) is 2. The van der Waals surface area contributed by atoms with Crippen LogP contribution in [0.15, 0.2) is 22.8 Å². The van der Waals surface area contributed by atoms with Gasteiger partial charge in [0.2, 0.25) is 0 Å². The van der Waals surface area contributed by atoms with Crippen LogP contribution in [0.3, 0.4) is 0 Å². The van der Waals surface area contributed by atoms with Gasteiger partial charge in [-0.05, 0) is 56.8 Å². The quantitative estimate of drug-likeness (QED) is 0.795. The molecule has 0 aromatic carbocycles. The number of furan rings is 1. The zero-order chi connectivity index (χ0) is 13.6. The van der Waals surface area contributed by atoms with Gasteiger partial charge in [-0.2, -0.15) is 0 Å². The van der Waals surface area contributed by atoms with E-state index in [-0.39, 0.29) is 0 Å². The maximum Gasteiger partial charge on any atom is 0.105 e. The van der Waals surface area contributed by atoms with Crippen molar-refractivity contribution in [2.45, 2.75) is 57.9 Å². The van der Waals surface area contributed by atoms with Crippen molar-refractivity contribution < 1.29 is 4.42 Å². The van der Waals surface area contributed by atoms with Gasteiger partial charge in [0.15, 0.2) is 0 Å². The van der Waals surface area contributed by atoms with Crippen molar-refractivity contribution in [1.82, 2.24) is 5.32 Å². The monoisotopic (exact) mass is 264 g/mol. The van der Waals surface area contributed by atoms with Gasteiger partial charge in [0.25, 0.3) is 0 Å². The molecule has 1 fully saturated rings. The molecule has 0 radical (unpaired) electrons. The molecule has 1 heterocycles. The van der Waals surface area contributed by atoms with Crippen LogP contribution in [0.4, 0.5) is 0 Å². The largest absolute Gasteiger partial charge is 0.469 e. The average molecular weight is 264 g/mol. The smallest absolute Gasteiger partial charge is 0.105 e. The lowest BCUT2D eigenvalue weighted by molar-refractivity contribution is 0.179. The lowest BCUT2D eigenvalue weighted by Gasteiger charge is -2.36. The molecule has 3 nitrogen and oxygen atoms in total. The van der Waals surface area contributed by atoms with E-state index in [0.717, 1.165) is 25.3 Å². The predicted molar refractivity (Wildman–Crippen MR) is 79.1 cm³/mol. The molecule has 1 aliphatic carbocycles. The standard InChI is InChI=1S/C16H28N2O/c1-14(12-15-6-5-11-19-15)18-10-9-16(13-17)7-3-2-4-8-16/h5-6,11,14,18H,2-4,7-10,12-13,17H2,1H3. The van der Waals surface area contributed by atoms with Crippen molar-refractivity contribution in [1.29, 1.82) is 0 Å². The van der Waals surface area contributed by atoms with E-state index >= 15 is 0 Å². The third-order valence-electron chi connectivity index (χ3n) is 4.58. The Labute approximate surface area is 116 Å². The molecule has 108 valence electrons. The van der Waals surface area contributed by atoms with Crippen LogP contribution >= 0.6 is 0 Å². The molecule has 3 heteroatoms. The van der Waals surface area contributed by atoms with Gasteiger partial charge in [0.05, 0.1) is 6.26 Å². The molecular weight excluding hydrogens is 236 g/mol. The summed E-state index contributed by atoms with van der Waals surface area (Å²) >= 11 is 0. The van der Waals surface area contributed by atoms with Crippen LogP contribution in [0.2, 0.25) is 0 Å². The molecule has 1 saturated carbocycles. The van der Waals surface area contributed by atoms with Gasteiger partial charge >= 0.3 is 0 Å². The summed E-state index contributed by atoms with van der Waals surface area (Å²) in [6.07, 6.45) is 10.7. The summed E-state index contributed by atoms with van der Waals surface area (Å²) in [5, 5.41) is 3.61. The van der Waals surface area contributed by atoms with Gasteiger partial charge in [-0.15, -0.1) is 0 Å². The van der Waals surface area contributed by atoms with E-state index in [0.29, 0.717) is 11.5 Å². The molecule has 1 aromatic heterocycles. The first-order chi connectivity index (χ1) is 9.24. The van der Waals surface area contributed by atoms with Crippen molar-refractivity contribution in [2.75, 3.05) is 13.1 Å². The van der Waals surface area contributed by atoms with Crippen molar-refractivity contribution in [3.8, 4) is 0 Å². The van der Waals surface area contributed by atoms with Gasteiger partial charge in [0.1, 0.15) is 5.76 Å². The minimum atomic E-state index is 0.412. The summed E-state index contributed by atoms with van der Waals surface area (Å²) in [6, 6.07) is 4.46. The van der Waals surface area contributed by atoms with E-state index in [1.54, 1.807) is 6.26 Å². The molecule has 1 aliphatic rings. The minimum Gasteiger partial charge on any atom is -0.469 e. The van der Waals surface area contributed by atoms with Crippen LogP contribution in [-0.2, 0) is 6.42 Å². The Hall–Kier alpha value is -0.800. The number of nitrogens with two attached hydrogens (primary N) is 1. The van der Waals surface area contributed by atoms with Gasteiger partial charge < -0.3 is 15.5 Å². The third-order valence-corrected chi connectivity index (χ3v) is 4.58. The van der Waals surface area contributed by atoms with Gasteiger partial charge in [-0.1, -0.05) is 19.3 Å². The Morgan fingerprint density at radius 2 is 2.16 bits per heavy atom. The van der Waals surface area contributed by atoms with E-state index in [1.165, 1.54) is 38.5 Å². The molecule has 3 N–H and O–H groups in total. The van der Waals surface area contributed by atoms with Crippen LogP contribution in [-0.4, -0.2) is 19.1 Å². The molecule has 0 spiro atoms. The van der Waals surface area contributed by atoms with E-state index in [1.807, 2.05) is 12.1 Å². The lowest BCUT2D eigenvalue weighted by atomic mass is 9.72. The second-order valence-corrected chi connectivity index (χ2v) is 6.15. The first kappa shape index (κ1) is 14.6. The van der Waals surface area contributed by atoms with E-state index in [2.05, 4.69) is 12.2 Å². The zero-order valence-corrected chi connectivity index (χ0v) is 12.2. The molecule has 0 bridgehead atoms. The highest BCUT2D eigenvalue weighted by atomic mass is 16.3. The second-order valence-electron chi connectivity index (χ2n) is 6.15. The topological polar surface area (TPSA) is 51.2 Å². The van der Waals surface area contributed by atoms with Crippen molar-refractivity contribution in [2.24, 2.45) is 11.1 Å². The fourth-order valence-corrected chi connectivity index (χ4v) is 3.24. The molecule has 19 heavy (non-hydrogen) atoms. The van der Waals surface area contributed by atoms with Gasteiger partial charge in [-0.3, -0.25) is 0 Å². The first-order valence-corrected chi connectivity index (χ1v) is 7.70. The summed E-state index contributed by atoms with van der Waals surface area (Å²) < 4.78 is 5.38. The molecule has 0 aliphatic heterocycles. The fourth-order valence-electron chi connectivity index (χ4n) is 3.24.